The first-order valence-electron chi connectivity index (χ1n) is 13.3. The van der Waals surface area contributed by atoms with Gasteiger partial charge in [-0.2, -0.15) is 0 Å². The number of carboxylic acid groups (broad SMARTS) is 1. The van der Waals surface area contributed by atoms with Crippen LogP contribution < -0.4 is 10.6 Å². The fourth-order valence-corrected chi connectivity index (χ4v) is 4.67. The standard InChI is InChI=1S/C31H34N2O7/c1-21(39-19-22-9-3-2-4-10-22)29(30(35)36)33-28(34)15-17-38-18-16-32-31(37)40-20-27-25-13-7-5-11-23(25)24-12-6-8-14-26(24)27/h2-14,21,27,29H,15-20H2,1H3,(H,32,37)(H,33,34)(H,35,36)/t21-,29+/m1/s1. The maximum absolute atomic E-state index is 12.3. The van der Waals surface area contributed by atoms with Crippen LogP contribution >= 0.6 is 0 Å². The van der Waals surface area contributed by atoms with Crippen LogP contribution in [0.1, 0.15) is 36.0 Å². The average molecular weight is 547 g/mol. The van der Waals surface area contributed by atoms with E-state index in [2.05, 4.69) is 34.9 Å². The van der Waals surface area contributed by atoms with E-state index in [0.29, 0.717) is 0 Å². The van der Waals surface area contributed by atoms with Crippen molar-refractivity contribution in [1.82, 2.24) is 10.6 Å². The number of hydrogen-bond acceptors (Lipinski definition) is 6. The van der Waals surface area contributed by atoms with Crippen LogP contribution in [0.15, 0.2) is 78.9 Å². The highest BCUT2D eigenvalue weighted by Gasteiger charge is 2.29. The summed E-state index contributed by atoms with van der Waals surface area (Å²) in [6, 6.07) is 24.4. The van der Waals surface area contributed by atoms with Gasteiger partial charge in [-0.3, -0.25) is 4.79 Å². The average Bonchev–Trinajstić information content (AvgIpc) is 3.29. The van der Waals surface area contributed by atoms with Crippen LogP contribution in [0.25, 0.3) is 11.1 Å². The predicted molar refractivity (Wildman–Crippen MR) is 149 cm³/mol. The van der Waals surface area contributed by atoms with Crippen LogP contribution in [0, 0.1) is 0 Å². The summed E-state index contributed by atoms with van der Waals surface area (Å²) < 4.78 is 16.5. The maximum Gasteiger partial charge on any atom is 0.407 e. The Kier molecular flexibility index (Phi) is 10.3. The molecule has 210 valence electrons. The van der Waals surface area contributed by atoms with Gasteiger partial charge in [-0.05, 0) is 34.7 Å². The lowest BCUT2D eigenvalue weighted by molar-refractivity contribution is -0.146. The summed E-state index contributed by atoms with van der Waals surface area (Å²) in [5.74, 6) is -1.66. The van der Waals surface area contributed by atoms with Crippen molar-refractivity contribution in [3.8, 4) is 11.1 Å². The molecule has 0 aliphatic heterocycles. The van der Waals surface area contributed by atoms with E-state index < -0.39 is 30.1 Å². The number of alkyl carbamates (subject to hydrolysis) is 1. The molecule has 3 aromatic rings. The maximum atomic E-state index is 12.3. The van der Waals surface area contributed by atoms with Gasteiger partial charge in [-0.1, -0.05) is 78.9 Å². The van der Waals surface area contributed by atoms with Gasteiger partial charge in [0.05, 0.1) is 25.9 Å². The molecule has 9 heteroatoms. The van der Waals surface area contributed by atoms with Gasteiger partial charge in [-0.15, -0.1) is 0 Å². The highest BCUT2D eigenvalue weighted by atomic mass is 16.5. The monoisotopic (exact) mass is 546 g/mol. The summed E-state index contributed by atoms with van der Waals surface area (Å²) >= 11 is 0. The number of fused-ring (bicyclic) bond motifs is 3. The number of carbonyl (C=O) groups is 3. The van der Waals surface area contributed by atoms with E-state index in [0.717, 1.165) is 27.8 Å². The van der Waals surface area contributed by atoms with Crippen molar-refractivity contribution in [2.75, 3.05) is 26.4 Å². The molecule has 2 atom stereocenters. The first-order valence-corrected chi connectivity index (χ1v) is 13.3. The molecule has 4 rings (SSSR count). The van der Waals surface area contributed by atoms with Crippen molar-refractivity contribution in [2.45, 2.75) is 38.0 Å². The molecule has 0 radical (unpaired) electrons. The largest absolute Gasteiger partial charge is 0.480 e. The Hall–Kier alpha value is -4.21. The van der Waals surface area contributed by atoms with E-state index in [1.165, 1.54) is 0 Å². The van der Waals surface area contributed by atoms with Gasteiger partial charge in [0.15, 0.2) is 6.04 Å². The second kappa shape index (κ2) is 14.3. The quantitative estimate of drug-likeness (QED) is 0.260. The molecular formula is C31H34N2O7. The number of carboxylic acids is 1. The first kappa shape index (κ1) is 28.8. The van der Waals surface area contributed by atoms with E-state index in [9.17, 15) is 19.5 Å². The fourth-order valence-electron chi connectivity index (χ4n) is 4.67. The smallest absolute Gasteiger partial charge is 0.407 e. The van der Waals surface area contributed by atoms with E-state index >= 15 is 0 Å². The highest BCUT2D eigenvalue weighted by Crippen LogP contribution is 2.44. The predicted octanol–water partition coefficient (Wildman–Crippen LogP) is 4.11. The second-order valence-corrected chi connectivity index (χ2v) is 9.50. The van der Waals surface area contributed by atoms with Crippen molar-refractivity contribution < 1.29 is 33.7 Å². The minimum absolute atomic E-state index is 0.0194. The van der Waals surface area contributed by atoms with Crippen molar-refractivity contribution in [3.63, 3.8) is 0 Å². The van der Waals surface area contributed by atoms with Crippen LogP contribution in [0.3, 0.4) is 0 Å². The summed E-state index contributed by atoms with van der Waals surface area (Å²) in [5, 5.41) is 14.7. The molecule has 3 N–H and O–H groups in total. The van der Waals surface area contributed by atoms with Crippen LogP contribution in [0.4, 0.5) is 4.79 Å². The molecule has 0 aromatic heterocycles. The Morgan fingerprint density at radius 3 is 2.15 bits per heavy atom. The molecule has 2 amide bonds. The van der Waals surface area contributed by atoms with Crippen molar-refractivity contribution >= 4 is 18.0 Å². The van der Waals surface area contributed by atoms with Gasteiger partial charge in [0.2, 0.25) is 5.91 Å². The molecule has 0 fully saturated rings. The van der Waals surface area contributed by atoms with Crippen LogP contribution in [0.5, 0.6) is 0 Å². The van der Waals surface area contributed by atoms with Gasteiger partial charge in [-0.25, -0.2) is 9.59 Å². The third-order valence-electron chi connectivity index (χ3n) is 6.74. The third kappa shape index (κ3) is 7.68. The third-order valence-corrected chi connectivity index (χ3v) is 6.74. The zero-order valence-corrected chi connectivity index (χ0v) is 22.4. The molecule has 0 saturated carbocycles. The van der Waals surface area contributed by atoms with Crippen LogP contribution in [-0.2, 0) is 30.4 Å². The summed E-state index contributed by atoms with van der Waals surface area (Å²) in [7, 11) is 0. The number of nitrogens with one attached hydrogen (secondary N) is 2. The molecule has 1 aliphatic carbocycles. The zero-order chi connectivity index (χ0) is 28.3. The van der Waals surface area contributed by atoms with Crippen molar-refractivity contribution in [1.29, 1.82) is 0 Å². The minimum atomic E-state index is -1.19. The Bertz CT molecular complexity index is 1250. The molecule has 0 spiro atoms. The van der Waals surface area contributed by atoms with Gasteiger partial charge < -0.3 is 30.0 Å². The van der Waals surface area contributed by atoms with Gasteiger partial charge in [0, 0.05) is 18.9 Å². The van der Waals surface area contributed by atoms with E-state index in [1.807, 2.05) is 54.6 Å². The second-order valence-electron chi connectivity index (χ2n) is 9.50. The summed E-state index contributed by atoms with van der Waals surface area (Å²) in [6.07, 6.45) is -1.30. The van der Waals surface area contributed by atoms with Crippen molar-refractivity contribution in [2.24, 2.45) is 0 Å². The molecule has 1 aliphatic rings. The number of amides is 2. The molecule has 40 heavy (non-hydrogen) atoms. The van der Waals surface area contributed by atoms with Gasteiger partial charge in [0.1, 0.15) is 6.61 Å². The number of rotatable bonds is 14. The zero-order valence-electron chi connectivity index (χ0n) is 22.4. The van der Waals surface area contributed by atoms with Crippen molar-refractivity contribution in [3.05, 3.63) is 95.6 Å². The Labute approximate surface area is 233 Å². The number of carbonyl (C=O) groups excluding carboxylic acids is 2. The summed E-state index contributed by atoms with van der Waals surface area (Å²) in [5.41, 5.74) is 5.51. The molecule has 3 aromatic carbocycles. The summed E-state index contributed by atoms with van der Waals surface area (Å²) in [6.45, 7) is 2.52. The number of benzene rings is 3. The highest BCUT2D eigenvalue weighted by molar-refractivity contribution is 5.84. The van der Waals surface area contributed by atoms with Crippen LogP contribution in [-0.4, -0.2) is 61.6 Å². The normalized spacial score (nSPS) is 13.5. The number of hydrogen-bond donors (Lipinski definition) is 3. The molecule has 9 nitrogen and oxygen atoms in total. The SMILES string of the molecule is C[C@@H](OCc1ccccc1)[C@H](NC(=O)CCOCCNC(=O)OCC1c2ccccc2-c2ccccc21)C(=O)O. The first-order chi connectivity index (χ1) is 19.4. The summed E-state index contributed by atoms with van der Waals surface area (Å²) in [4.78, 5) is 36.1. The van der Waals surface area contributed by atoms with Gasteiger partial charge >= 0.3 is 12.1 Å². The van der Waals surface area contributed by atoms with E-state index in [4.69, 9.17) is 14.2 Å². The minimum Gasteiger partial charge on any atom is -0.480 e. The lowest BCUT2D eigenvalue weighted by Gasteiger charge is -2.22. The lowest BCUT2D eigenvalue weighted by Crippen LogP contribution is -2.48. The molecular weight excluding hydrogens is 512 g/mol. The molecule has 0 heterocycles. The van der Waals surface area contributed by atoms with E-state index in [-0.39, 0.29) is 45.3 Å². The number of ether oxygens (including phenoxy) is 3. The van der Waals surface area contributed by atoms with Crippen LogP contribution in [0.2, 0.25) is 0 Å². The fraction of sp³-hybridized carbons (Fsp3) is 0.323. The Morgan fingerprint density at radius 2 is 1.50 bits per heavy atom. The Morgan fingerprint density at radius 1 is 0.875 bits per heavy atom. The molecule has 0 saturated heterocycles. The lowest BCUT2D eigenvalue weighted by atomic mass is 9.98. The van der Waals surface area contributed by atoms with Gasteiger partial charge in [0.25, 0.3) is 0 Å². The Balaban J connectivity index is 1.11. The number of aliphatic carboxylic acids is 1. The van der Waals surface area contributed by atoms with E-state index in [1.54, 1.807) is 6.92 Å². The topological polar surface area (TPSA) is 123 Å². The molecule has 0 unspecified atom stereocenters. The molecule has 0 bridgehead atoms.